The molecule has 88 valence electrons. The highest BCUT2D eigenvalue weighted by molar-refractivity contribution is 7.15. The normalized spacial score (nSPS) is 11.4. The Kier molecular flexibility index (Phi) is 2.85. The molecule has 0 fully saturated rings. The number of hydrogen-bond acceptors (Lipinski definition) is 5. The van der Waals surface area contributed by atoms with E-state index in [1.54, 1.807) is 6.07 Å². The lowest BCUT2D eigenvalue weighted by atomic mass is 10.4. The third kappa shape index (κ3) is 2.82. The molecule has 2 heterocycles. The summed E-state index contributed by atoms with van der Waals surface area (Å²) in [5.74, 6) is -0.421. The molecule has 0 aromatic carbocycles. The van der Waals surface area contributed by atoms with Crippen LogP contribution in [-0.4, -0.2) is 16.3 Å². The van der Waals surface area contributed by atoms with Gasteiger partial charge in [-0.3, -0.25) is 0 Å². The number of rotatable bonds is 2. The van der Waals surface area contributed by atoms with E-state index in [9.17, 15) is 13.2 Å². The summed E-state index contributed by atoms with van der Waals surface area (Å²) in [7, 11) is 0. The van der Waals surface area contributed by atoms with Crippen LogP contribution in [0.4, 0.5) is 13.2 Å². The average molecular weight is 259 g/mol. The number of nitrogens with zero attached hydrogens (tertiary/aromatic N) is 3. The predicted molar refractivity (Wildman–Crippen MR) is 52.1 cm³/mol. The lowest BCUT2D eigenvalue weighted by Gasteiger charge is -1.99. The van der Waals surface area contributed by atoms with Crippen LogP contribution in [0.2, 0.25) is 0 Å². The fourth-order valence-corrected chi connectivity index (χ4v) is 1.84. The standard InChI is InChI=1S/C9H4F3N3OS/c10-9(11,12)3-7-14-8(16-15-7)6-2-1-5(4-13)17-6/h1-2H,3H2. The number of thiophene rings is 1. The van der Waals surface area contributed by atoms with Crippen LogP contribution in [0.5, 0.6) is 0 Å². The summed E-state index contributed by atoms with van der Waals surface area (Å²) in [6.07, 6.45) is -5.60. The summed E-state index contributed by atoms with van der Waals surface area (Å²) in [5.41, 5.74) is 0. The molecule has 2 aromatic rings. The molecule has 0 radical (unpaired) electrons. The molecule has 0 spiro atoms. The fraction of sp³-hybridized carbons (Fsp3) is 0.222. The second-order valence-electron chi connectivity index (χ2n) is 3.08. The smallest absolute Gasteiger partial charge is 0.333 e. The molecule has 2 rings (SSSR count). The predicted octanol–water partition coefficient (Wildman–Crippen LogP) is 2.77. The number of nitriles is 1. The summed E-state index contributed by atoms with van der Waals surface area (Å²) >= 11 is 1.08. The summed E-state index contributed by atoms with van der Waals surface area (Å²) in [5, 5.41) is 11.8. The zero-order valence-corrected chi connectivity index (χ0v) is 8.97. The minimum absolute atomic E-state index is 0.00394. The quantitative estimate of drug-likeness (QED) is 0.831. The molecule has 0 aliphatic rings. The zero-order valence-electron chi connectivity index (χ0n) is 8.15. The van der Waals surface area contributed by atoms with Crippen LogP contribution in [-0.2, 0) is 6.42 Å². The van der Waals surface area contributed by atoms with Gasteiger partial charge < -0.3 is 4.52 Å². The lowest BCUT2D eigenvalue weighted by Crippen LogP contribution is -2.12. The molecule has 0 unspecified atom stereocenters. The van der Waals surface area contributed by atoms with Gasteiger partial charge in [-0.05, 0) is 12.1 Å². The zero-order chi connectivity index (χ0) is 12.5. The first-order chi connectivity index (χ1) is 7.98. The van der Waals surface area contributed by atoms with Crippen molar-refractivity contribution < 1.29 is 17.7 Å². The lowest BCUT2D eigenvalue weighted by molar-refractivity contribution is -0.128. The van der Waals surface area contributed by atoms with Gasteiger partial charge in [0.1, 0.15) is 17.4 Å². The molecule has 2 aromatic heterocycles. The molecule has 0 aliphatic heterocycles. The maximum Gasteiger partial charge on any atom is 0.396 e. The molecular formula is C9H4F3N3OS. The van der Waals surface area contributed by atoms with E-state index in [1.807, 2.05) is 6.07 Å². The van der Waals surface area contributed by atoms with Crippen molar-refractivity contribution in [1.29, 1.82) is 5.26 Å². The first-order valence-electron chi connectivity index (χ1n) is 4.37. The molecule has 0 N–H and O–H groups in total. The van der Waals surface area contributed by atoms with E-state index in [0.717, 1.165) is 11.3 Å². The summed E-state index contributed by atoms with van der Waals surface area (Å²) in [6.45, 7) is 0. The molecule has 0 amide bonds. The molecule has 4 nitrogen and oxygen atoms in total. The van der Waals surface area contributed by atoms with Crippen LogP contribution in [0.1, 0.15) is 10.7 Å². The number of aromatic nitrogens is 2. The van der Waals surface area contributed by atoms with Gasteiger partial charge in [-0.2, -0.15) is 23.4 Å². The maximum atomic E-state index is 12.0. The maximum absolute atomic E-state index is 12.0. The molecule has 0 bridgehead atoms. The van der Waals surface area contributed by atoms with Crippen molar-refractivity contribution in [2.24, 2.45) is 0 Å². The van der Waals surface area contributed by atoms with Gasteiger partial charge in [0.05, 0.1) is 4.88 Å². The van der Waals surface area contributed by atoms with E-state index >= 15 is 0 Å². The Morgan fingerprint density at radius 3 is 2.76 bits per heavy atom. The van der Waals surface area contributed by atoms with Crippen LogP contribution in [0.3, 0.4) is 0 Å². The number of hydrogen-bond donors (Lipinski definition) is 0. The van der Waals surface area contributed by atoms with Crippen molar-refractivity contribution in [3.63, 3.8) is 0 Å². The van der Waals surface area contributed by atoms with Crippen molar-refractivity contribution in [3.05, 3.63) is 22.8 Å². The third-order valence-corrected chi connectivity index (χ3v) is 2.73. The van der Waals surface area contributed by atoms with E-state index < -0.39 is 18.4 Å². The van der Waals surface area contributed by atoms with E-state index in [2.05, 4.69) is 10.1 Å². The minimum Gasteiger partial charge on any atom is -0.333 e. The molecule has 0 aliphatic carbocycles. The van der Waals surface area contributed by atoms with Crippen LogP contribution < -0.4 is 0 Å². The molecule has 0 saturated carbocycles. The second-order valence-corrected chi connectivity index (χ2v) is 4.17. The highest BCUT2D eigenvalue weighted by Crippen LogP contribution is 2.27. The van der Waals surface area contributed by atoms with Gasteiger partial charge >= 0.3 is 6.18 Å². The van der Waals surface area contributed by atoms with Crippen molar-refractivity contribution in [2.45, 2.75) is 12.6 Å². The Morgan fingerprint density at radius 2 is 2.18 bits per heavy atom. The molecule has 0 atom stereocenters. The highest BCUT2D eigenvalue weighted by Gasteiger charge is 2.30. The molecule has 8 heteroatoms. The first-order valence-corrected chi connectivity index (χ1v) is 5.19. The van der Waals surface area contributed by atoms with Gasteiger partial charge in [0, 0.05) is 0 Å². The molecular weight excluding hydrogens is 255 g/mol. The molecule has 0 saturated heterocycles. The van der Waals surface area contributed by atoms with Gasteiger partial charge in [-0.25, -0.2) is 0 Å². The topological polar surface area (TPSA) is 62.7 Å². The van der Waals surface area contributed by atoms with Crippen molar-refractivity contribution in [1.82, 2.24) is 10.1 Å². The first kappa shape index (κ1) is 11.6. The van der Waals surface area contributed by atoms with Crippen molar-refractivity contribution in [2.75, 3.05) is 0 Å². The van der Waals surface area contributed by atoms with Gasteiger partial charge in [0.25, 0.3) is 5.89 Å². The van der Waals surface area contributed by atoms with Gasteiger partial charge in [-0.1, -0.05) is 5.16 Å². The SMILES string of the molecule is N#Cc1ccc(-c2nc(CC(F)(F)F)no2)s1. The Labute approximate surface area is 97.3 Å². The Bertz CT molecular complexity index is 567. The summed E-state index contributed by atoms with van der Waals surface area (Å²) < 4.78 is 40.8. The fourth-order valence-electron chi connectivity index (χ4n) is 1.12. The van der Waals surface area contributed by atoms with Crippen LogP contribution in [0.15, 0.2) is 16.7 Å². The second kappa shape index (κ2) is 4.18. The van der Waals surface area contributed by atoms with Crippen LogP contribution >= 0.6 is 11.3 Å². The Morgan fingerprint density at radius 1 is 1.41 bits per heavy atom. The Balaban J connectivity index is 2.21. The van der Waals surface area contributed by atoms with Crippen molar-refractivity contribution >= 4 is 11.3 Å². The van der Waals surface area contributed by atoms with Crippen LogP contribution in [0, 0.1) is 11.3 Å². The minimum atomic E-state index is -4.37. The van der Waals surface area contributed by atoms with Gasteiger partial charge in [0.2, 0.25) is 0 Å². The Hall–Kier alpha value is -1.88. The van der Waals surface area contributed by atoms with Crippen molar-refractivity contribution in [3.8, 4) is 16.8 Å². The largest absolute Gasteiger partial charge is 0.396 e. The van der Waals surface area contributed by atoms with Gasteiger partial charge in [0.15, 0.2) is 5.82 Å². The summed E-state index contributed by atoms with van der Waals surface area (Å²) in [6, 6.07) is 5.00. The number of alkyl halides is 3. The molecule has 17 heavy (non-hydrogen) atoms. The van der Waals surface area contributed by atoms with E-state index in [1.165, 1.54) is 6.07 Å². The average Bonchev–Trinajstić information content (AvgIpc) is 2.82. The van der Waals surface area contributed by atoms with E-state index in [0.29, 0.717) is 9.75 Å². The highest BCUT2D eigenvalue weighted by atomic mass is 32.1. The number of halogens is 3. The van der Waals surface area contributed by atoms with Crippen LogP contribution in [0.25, 0.3) is 10.8 Å². The van der Waals surface area contributed by atoms with E-state index in [4.69, 9.17) is 9.78 Å². The van der Waals surface area contributed by atoms with E-state index in [-0.39, 0.29) is 5.89 Å². The summed E-state index contributed by atoms with van der Waals surface area (Å²) in [4.78, 5) is 4.52. The monoisotopic (exact) mass is 259 g/mol. The third-order valence-electron chi connectivity index (χ3n) is 1.75. The van der Waals surface area contributed by atoms with Gasteiger partial charge in [-0.15, -0.1) is 11.3 Å².